The highest BCUT2D eigenvalue weighted by atomic mass is 32.5. The van der Waals surface area contributed by atoms with Crippen LogP contribution >= 0.6 is 25.7 Å². The first kappa shape index (κ1) is 36.2. The van der Waals surface area contributed by atoms with Crippen molar-refractivity contribution in [2.45, 2.75) is 48.0 Å². The molecule has 0 unspecified atom stereocenters. The predicted octanol–water partition coefficient (Wildman–Crippen LogP) is 2.14. The molecule has 0 aliphatic heterocycles. The fourth-order valence-corrected chi connectivity index (χ4v) is 1.00. The van der Waals surface area contributed by atoms with Gasteiger partial charge in [-0.2, -0.15) is 4.98 Å². The maximum Gasteiger partial charge on any atom is 0.319 e. The van der Waals surface area contributed by atoms with Gasteiger partial charge in [-0.25, -0.2) is 4.98 Å². The van der Waals surface area contributed by atoms with Gasteiger partial charge in [0.2, 0.25) is 5.88 Å². The molecule has 174 valence electrons. The van der Waals surface area contributed by atoms with Crippen molar-refractivity contribution >= 4 is 54.4 Å². The van der Waals surface area contributed by atoms with Crippen LogP contribution in [0.1, 0.15) is 45.6 Å². The highest BCUT2D eigenvalue weighted by Gasteiger charge is 2.05. The second-order valence-electron chi connectivity index (χ2n) is 4.89. The number of aryl methyl sites for hydroxylation is 2. The van der Waals surface area contributed by atoms with Crippen LogP contribution in [0.15, 0.2) is 6.07 Å². The van der Waals surface area contributed by atoms with Crippen molar-refractivity contribution in [2.75, 3.05) is 14.1 Å². The van der Waals surface area contributed by atoms with Gasteiger partial charge < -0.3 is 39.0 Å². The van der Waals surface area contributed by atoms with Gasteiger partial charge in [0.25, 0.3) is 5.17 Å². The van der Waals surface area contributed by atoms with Crippen LogP contribution in [0.4, 0.5) is 0 Å². The number of nitrogens with zero attached hydrogens (tertiary/aromatic N) is 3. The number of aromatic nitrogens is 2. The minimum Gasteiger partial charge on any atom is -0.413 e. The zero-order chi connectivity index (χ0) is 24.4. The molecule has 0 fully saturated rings. The summed E-state index contributed by atoms with van der Waals surface area (Å²) >= 11 is 12.2. The molecule has 0 bridgehead atoms. The SMILES string of the molecule is CC.CCC.Cc1cc(OC(=S)N(C)C)nc(C)n1.OP(O)(O)=S.OP(O)(O)=S. The van der Waals surface area contributed by atoms with Crippen LogP contribution in [0.25, 0.3) is 0 Å². The molecule has 0 atom stereocenters. The number of ether oxygens (including phenoxy) is 1. The zero-order valence-corrected chi connectivity index (χ0v) is 22.1. The summed E-state index contributed by atoms with van der Waals surface area (Å²) < 4.78 is 5.34. The third-order valence-electron chi connectivity index (χ3n) is 1.50. The highest BCUT2D eigenvalue weighted by Crippen LogP contribution is 2.26. The van der Waals surface area contributed by atoms with E-state index in [2.05, 4.69) is 47.4 Å². The lowest BCUT2D eigenvalue weighted by Crippen LogP contribution is -2.25. The first-order chi connectivity index (χ1) is 12.9. The third-order valence-corrected chi connectivity index (χ3v) is 1.95. The quantitative estimate of drug-likeness (QED) is 0.240. The van der Waals surface area contributed by atoms with E-state index in [-0.39, 0.29) is 0 Å². The lowest BCUT2D eigenvalue weighted by Gasteiger charge is -2.13. The van der Waals surface area contributed by atoms with Gasteiger partial charge in [0, 0.05) is 25.9 Å². The Labute approximate surface area is 188 Å². The predicted molar refractivity (Wildman–Crippen MR) is 128 cm³/mol. The Morgan fingerprint density at radius 1 is 0.966 bits per heavy atom. The summed E-state index contributed by atoms with van der Waals surface area (Å²) in [6.45, 7) is 4.35. The Hall–Kier alpha value is -0.170. The molecule has 1 rings (SSSR count). The van der Waals surface area contributed by atoms with Crippen molar-refractivity contribution in [3.05, 3.63) is 17.6 Å². The van der Waals surface area contributed by atoms with Crippen molar-refractivity contribution in [2.24, 2.45) is 0 Å². The first-order valence-electron chi connectivity index (χ1n) is 8.18. The lowest BCUT2D eigenvalue weighted by molar-refractivity contribution is 0.361. The van der Waals surface area contributed by atoms with E-state index in [1.54, 1.807) is 11.0 Å². The summed E-state index contributed by atoms with van der Waals surface area (Å²) in [6.07, 6.45) is 1.25. The van der Waals surface area contributed by atoms with Gasteiger partial charge in [-0.15, -0.1) is 0 Å². The maximum absolute atomic E-state index is 7.56. The molecule has 29 heavy (non-hydrogen) atoms. The molecule has 0 spiro atoms. The number of rotatable bonds is 1. The van der Waals surface area contributed by atoms with Gasteiger partial charge in [-0.1, -0.05) is 34.1 Å². The molecule has 0 radical (unpaired) electrons. The molecule has 0 aliphatic rings. The fraction of sp³-hybridized carbons (Fsp3) is 0.643. The van der Waals surface area contributed by atoms with Crippen LogP contribution in [-0.2, 0) is 23.6 Å². The second-order valence-corrected chi connectivity index (χ2v) is 10.2. The second kappa shape index (κ2) is 19.8. The average Bonchev–Trinajstić information content (AvgIpc) is 2.45. The Morgan fingerprint density at radius 3 is 1.52 bits per heavy atom. The molecule has 0 amide bonds. The van der Waals surface area contributed by atoms with Crippen molar-refractivity contribution < 1.29 is 34.1 Å². The Kier molecular flexibility index (Phi) is 24.7. The molecular formula is C14H33N3O7P2S3. The van der Waals surface area contributed by atoms with Gasteiger partial charge in [0.1, 0.15) is 5.82 Å². The summed E-state index contributed by atoms with van der Waals surface area (Å²) in [5.41, 5.74) is 0.869. The molecule has 10 nitrogen and oxygen atoms in total. The number of thiocarbonyl (C=S) groups is 1. The summed E-state index contributed by atoms with van der Waals surface area (Å²) in [7, 11) is 3.65. The summed E-state index contributed by atoms with van der Waals surface area (Å²) in [4.78, 5) is 55.3. The van der Waals surface area contributed by atoms with Crippen molar-refractivity contribution in [3.63, 3.8) is 0 Å². The molecule has 1 heterocycles. The summed E-state index contributed by atoms with van der Waals surface area (Å²) in [5, 5.41) is 0.391. The standard InChI is InChI=1S/C9H13N3OS.C3H8.C2H6.2H3O3PS/c1-6-5-8(11-7(2)10-6)13-9(14)12(3)4;1-3-2;1-2;2*1-4(2,3)5/h5H,1-4H3;3H2,1-2H3;1-2H3;2*(H3,1,2,3,5). The van der Waals surface area contributed by atoms with Crippen LogP contribution in [0.2, 0.25) is 0 Å². The smallest absolute Gasteiger partial charge is 0.319 e. The lowest BCUT2D eigenvalue weighted by atomic mass is 10.4. The van der Waals surface area contributed by atoms with E-state index in [4.69, 9.17) is 46.3 Å². The topological polar surface area (TPSA) is 160 Å². The average molecular weight is 514 g/mol. The molecule has 0 saturated carbocycles. The molecule has 0 saturated heterocycles. The highest BCUT2D eigenvalue weighted by molar-refractivity contribution is 8.06. The maximum atomic E-state index is 7.56. The van der Waals surface area contributed by atoms with Gasteiger partial charge in [0.15, 0.2) is 0 Å². The summed E-state index contributed by atoms with van der Waals surface area (Å²) in [6, 6.07) is 1.75. The Bertz CT molecular complexity index is 599. The van der Waals surface area contributed by atoms with Crippen LogP contribution in [0.5, 0.6) is 5.88 Å². The van der Waals surface area contributed by atoms with Crippen LogP contribution < -0.4 is 4.74 Å². The van der Waals surface area contributed by atoms with Gasteiger partial charge in [-0.05, 0) is 49.7 Å². The van der Waals surface area contributed by atoms with E-state index in [0.29, 0.717) is 16.9 Å². The van der Waals surface area contributed by atoms with E-state index in [0.717, 1.165) is 5.69 Å². The fourth-order valence-electron chi connectivity index (χ4n) is 0.916. The molecule has 15 heteroatoms. The van der Waals surface area contributed by atoms with Crippen molar-refractivity contribution in [1.82, 2.24) is 14.9 Å². The number of hydrogen-bond acceptors (Lipinski definition) is 6. The zero-order valence-electron chi connectivity index (χ0n) is 17.8. The molecule has 6 N–H and O–H groups in total. The van der Waals surface area contributed by atoms with Gasteiger partial charge in [0.05, 0.1) is 0 Å². The van der Waals surface area contributed by atoms with E-state index >= 15 is 0 Å². The molecule has 1 aromatic rings. The van der Waals surface area contributed by atoms with E-state index < -0.39 is 13.4 Å². The Balaban J connectivity index is -0.000000173. The van der Waals surface area contributed by atoms with E-state index in [9.17, 15) is 0 Å². The van der Waals surface area contributed by atoms with E-state index in [1.165, 1.54) is 6.42 Å². The number of hydrogen-bond donors (Lipinski definition) is 6. The van der Waals surface area contributed by atoms with E-state index in [1.807, 2.05) is 41.8 Å². The van der Waals surface area contributed by atoms with Crippen LogP contribution in [-0.4, -0.2) is 63.5 Å². The van der Waals surface area contributed by atoms with Crippen molar-refractivity contribution in [1.29, 1.82) is 0 Å². The van der Waals surface area contributed by atoms with Crippen LogP contribution in [0, 0.1) is 13.8 Å². The summed E-state index contributed by atoms with van der Waals surface area (Å²) in [5.74, 6) is 1.18. The third kappa shape index (κ3) is 47.2. The molecular weight excluding hydrogens is 480 g/mol. The van der Waals surface area contributed by atoms with Gasteiger partial charge in [-0.3, -0.25) is 0 Å². The minimum atomic E-state index is -3.81. The van der Waals surface area contributed by atoms with Crippen molar-refractivity contribution in [3.8, 4) is 5.88 Å². The van der Waals surface area contributed by atoms with Crippen LogP contribution in [0.3, 0.4) is 0 Å². The molecule has 1 aromatic heterocycles. The Morgan fingerprint density at radius 2 is 1.28 bits per heavy atom. The first-order valence-corrected chi connectivity index (χ1v) is 13.9. The molecule has 0 aromatic carbocycles. The normalized spacial score (nSPS) is 9.59. The monoisotopic (exact) mass is 513 g/mol. The molecule has 0 aliphatic carbocycles. The minimum absolute atomic E-state index is 0.391. The largest absolute Gasteiger partial charge is 0.413 e. The van der Waals surface area contributed by atoms with Gasteiger partial charge >= 0.3 is 13.4 Å².